The number of pyridine rings is 1. The van der Waals surface area contributed by atoms with Crippen molar-refractivity contribution >= 4 is 15.9 Å². The van der Waals surface area contributed by atoms with Gasteiger partial charge in [0.15, 0.2) is 5.84 Å². The number of aromatic nitrogens is 1. The van der Waals surface area contributed by atoms with E-state index in [9.17, 15) is 21.6 Å². The van der Waals surface area contributed by atoms with Gasteiger partial charge >= 0.3 is 15.5 Å². The van der Waals surface area contributed by atoms with Crippen molar-refractivity contribution in [1.29, 1.82) is 0 Å². The van der Waals surface area contributed by atoms with Crippen molar-refractivity contribution < 1.29 is 21.6 Å². The molecule has 0 saturated carbocycles. The molecule has 0 bridgehead atoms. The summed E-state index contributed by atoms with van der Waals surface area (Å²) in [5.74, 6) is -0.337. The SMILES string of the molecule is O=S(=O)(N1C(c2ccccn2)=N[C@H](c2ccccc2)[C@H]1c1ccccc1)C(F)(F)F. The number of aliphatic imine (C=N–C) groups is 1. The third kappa shape index (κ3) is 3.45. The Morgan fingerprint density at radius 3 is 1.90 bits per heavy atom. The van der Waals surface area contributed by atoms with Gasteiger partial charge in [0.2, 0.25) is 0 Å². The van der Waals surface area contributed by atoms with Crippen LogP contribution in [0.2, 0.25) is 0 Å². The Hall–Kier alpha value is -3.20. The summed E-state index contributed by atoms with van der Waals surface area (Å²) in [5, 5.41) is 0. The predicted molar refractivity (Wildman–Crippen MR) is 106 cm³/mol. The van der Waals surface area contributed by atoms with Crippen molar-refractivity contribution in [2.45, 2.75) is 17.6 Å². The second-order valence-corrected chi connectivity index (χ2v) is 8.43. The number of alkyl halides is 3. The number of sulfonamides is 1. The second kappa shape index (κ2) is 7.56. The van der Waals surface area contributed by atoms with Crippen LogP contribution in [0.5, 0.6) is 0 Å². The number of halogens is 3. The number of benzene rings is 2. The highest BCUT2D eigenvalue weighted by molar-refractivity contribution is 7.90. The summed E-state index contributed by atoms with van der Waals surface area (Å²) >= 11 is 0. The highest BCUT2D eigenvalue weighted by Crippen LogP contribution is 2.47. The van der Waals surface area contributed by atoms with E-state index in [0.717, 1.165) is 0 Å². The van der Waals surface area contributed by atoms with E-state index in [1.54, 1.807) is 72.8 Å². The van der Waals surface area contributed by atoms with Crippen LogP contribution in [-0.4, -0.2) is 29.1 Å². The molecule has 1 aliphatic rings. The van der Waals surface area contributed by atoms with E-state index in [0.29, 0.717) is 15.4 Å². The smallest absolute Gasteiger partial charge is 0.255 e. The third-order valence-electron chi connectivity index (χ3n) is 4.75. The molecular weight excluding hydrogens is 415 g/mol. The van der Waals surface area contributed by atoms with Crippen molar-refractivity contribution in [2.75, 3.05) is 0 Å². The average Bonchev–Trinajstić information content (AvgIpc) is 3.16. The van der Waals surface area contributed by atoms with Crippen molar-refractivity contribution in [3.05, 3.63) is 102 Å². The fourth-order valence-electron chi connectivity index (χ4n) is 3.44. The molecule has 0 aliphatic carbocycles. The lowest BCUT2D eigenvalue weighted by Crippen LogP contribution is -2.45. The number of hydrogen-bond acceptors (Lipinski definition) is 4. The maximum atomic E-state index is 13.7. The molecule has 9 heteroatoms. The van der Waals surface area contributed by atoms with Crippen molar-refractivity contribution in [1.82, 2.24) is 9.29 Å². The Morgan fingerprint density at radius 2 is 1.37 bits per heavy atom. The summed E-state index contributed by atoms with van der Waals surface area (Å²) in [6.45, 7) is 0. The third-order valence-corrected chi connectivity index (χ3v) is 6.25. The van der Waals surface area contributed by atoms with E-state index in [-0.39, 0.29) is 11.5 Å². The van der Waals surface area contributed by atoms with Crippen molar-refractivity contribution in [3.63, 3.8) is 0 Å². The molecule has 0 saturated heterocycles. The summed E-state index contributed by atoms with van der Waals surface area (Å²) in [5.41, 5.74) is -4.46. The Balaban J connectivity index is 1.98. The lowest BCUT2D eigenvalue weighted by Gasteiger charge is -2.30. The topological polar surface area (TPSA) is 62.6 Å². The van der Waals surface area contributed by atoms with E-state index in [1.165, 1.54) is 12.3 Å². The van der Waals surface area contributed by atoms with Crippen LogP contribution in [0.15, 0.2) is 90.1 Å². The maximum absolute atomic E-state index is 13.7. The predicted octanol–water partition coefficient (Wildman–Crippen LogP) is 4.48. The van der Waals surface area contributed by atoms with Crippen molar-refractivity contribution in [2.24, 2.45) is 4.99 Å². The number of nitrogens with zero attached hydrogens (tertiary/aromatic N) is 3. The normalized spacial score (nSPS) is 19.6. The maximum Gasteiger partial charge on any atom is 0.516 e. The molecule has 3 aromatic rings. The first-order chi connectivity index (χ1) is 14.3. The van der Waals surface area contributed by atoms with Crippen LogP contribution in [0, 0.1) is 0 Å². The molecule has 0 N–H and O–H groups in total. The van der Waals surface area contributed by atoms with Gasteiger partial charge in [-0.05, 0) is 23.3 Å². The molecule has 154 valence electrons. The van der Waals surface area contributed by atoms with Crippen LogP contribution >= 0.6 is 0 Å². The number of rotatable bonds is 4. The zero-order valence-electron chi connectivity index (χ0n) is 15.4. The van der Waals surface area contributed by atoms with Crippen LogP contribution in [0.3, 0.4) is 0 Å². The van der Waals surface area contributed by atoms with Crippen LogP contribution in [0.4, 0.5) is 13.2 Å². The van der Waals surface area contributed by atoms with Gasteiger partial charge in [-0.1, -0.05) is 66.7 Å². The van der Waals surface area contributed by atoms with Crippen molar-refractivity contribution in [3.8, 4) is 0 Å². The molecule has 2 atom stereocenters. The van der Waals surface area contributed by atoms with Crippen LogP contribution < -0.4 is 0 Å². The largest absolute Gasteiger partial charge is 0.516 e. The quantitative estimate of drug-likeness (QED) is 0.612. The molecule has 0 amide bonds. The van der Waals surface area contributed by atoms with Crippen LogP contribution in [-0.2, 0) is 10.0 Å². The molecule has 0 unspecified atom stereocenters. The van der Waals surface area contributed by atoms with E-state index in [2.05, 4.69) is 9.98 Å². The summed E-state index contributed by atoms with van der Waals surface area (Å²) in [6, 6.07) is 19.4. The van der Waals surface area contributed by atoms with Crippen LogP contribution in [0.25, 0.3) is 0 Å². The molecule has 30 heavy (non-hydrogen) atoms. The molecule has 0 fully saturated rings. The number of amidine groups is 1. The lowest BCUT2D eigenvalue weighted by molar-refractivity contribution is -0.0479. The summed E-state index contributed by atoms with van der Waals surface area (Å²) in [4.78, 5) is 8.51. The molecule has 1 aliphatic heterocycles. The molecule has 0 radical (unpaired) electrons. The summed E-state index contributed by atoms with van der Waals surface area (Å²) in [7, 11) is -5.75. The zero-order chi connectivity index (χ0) is 21.4. The highest BCUT2D eigenvalue weighted by Gasteiger charge is 2.57. The fraction of sp³-hybridized carbons (Fsp3) is 0.143. The standard InChI is InChI=1S/C21H16F3N3O2S/c22-21(23,24)30(28,29)27-19(16-11-5-2-6-12-16)18(15-9-3-1-4-10-15)26-20(27)17-13-7-8-14-25-17/h1-14,18-19H/t18-,19-/m1/s1. The Kier molecular flexibility index (Phi) is 5.07. The second-order valence-electron chi connectivity index (χ2n) is 6.63. The van der Waals surface area contributed by atoms with Gasteiger partial charge in [-0.25, -0.2) is 4.31 Å². The van der Waals surface area contributed by atoms with E-state index < -0.39 is 27.6 Å². The highest BCUT2D eigenvalue weighted by atomic mass is 32.2. The van der Waals surface area contributed by atoms with E-state index in [4.69, 9.17) is 0 Å². The van der Waals surface area contributed by atoms with E-state index >= 15 is 0 Å². The molecule has 0 spiro atoms. The van der Waals surface area contributed by atoms with Gasteiger partial charge in [-0.3, -0.25) is 9.98 Å². The molecule has 2 aromatic carbocycles. The Bertz CT molecular complexity index is 1150. The van der Waals surface area contributed by atoms with Crippen LogP contribution in [0.1, 0.15) is 28.9 Å². The molecule has 5 nitrogen and oxygen atoms in total. The lowest BCUT2D eigenvalue weighted by atomic mass is 9.95. The molecular formula is C21H16F3N3O2S. The van der Waals surface area contributed by atoms with Gasteiger partial charge in [0.25, 0.3) is 0 Å². The van der Waals surface area contributed by atoms with Gasteiger partial charge < -0.3 is 0 Å². The minimum absolute atomic E-state index is 0.0460. The first kappa shape index (κ1) is 20.1. The molecule has 4 rings (SSSR count). The van der Waals surface area contributed by atoms with Gasteiger partial charge in [-0.2, -0.15) is 21.6 Å². The molecule has 2 heterocycles. The minimum atomic E-state index is -5.75. The monoisotopic (exact) mass is 431 g/mol. The fourth-order valence-corrected chi connectivity index (χ4v) is 4.57. The van der Waals surface area contributed by atoms with Gasteiger partial charge in [0.1, 0.15) is 11.7 Å². The van der Waals surface area contributed by atoms with Gasteiger partial charge in [-0.15, -0.1) is 0 Å². The zero-order valence-corrected chi connectivity index (χ0v) is 16.3. The summed E-state index contributed by atoms with van der Waals surface area (Å²) in [6.07, 6.45) is 1.38. The Morgan fingerprint density at radius 1 is 0.800 bits per heavy atom. The number of hydrogen-bond donors (Lipinski definition) is 0. The van der Waals surface area contributed by atoms with Gasteiger partial charge in [0.05, 0.1) is 6.04 Å². The minimum Gasteiger partial charge on any atom is -0.255 e. The first-order valence-corrected chi connectivity index (χ1v) is 10.4. The Labute approximate surface area is 171 Å². The molecule has 1 aromatic heterocycles. The average molecular weight is 431 g/mol. The first-order valence-electron chi connectivity index (χ1n) is 9.00. The summed E-state index contributed by atoms with van der Waals surface area (Å²) < 4.78 is 66.8. The van der Waals surface area contributed by atoms with Gasteiger partial charge in [0, 0.05) is 6.20 Å². The van der Waals surface area contributed by atoms with E-state index in [1.807, 2.05) is 0 Å².